The van der Waals surface area contributed by atoms with Crippen molar-refractivity contribution >= 4 is 5.82 Å². The molecule has 0 fully saturated rings. The van der Waals surface area contributed by atoms with Gasteiger partial charge in [-0.2, -0.15) is 10.5 Å². The molecule has 0 saturated carbocycles. The quantitative estimate of drug-likeness (QED) is 0.794. The minimum atomic E-state index is 0.153. The Morgan fingerprint density at radius 2 is 1.96 bits per heavy atom. The summed E-state index contributed by atoms with van der Waals surface area (Å²) in [6.45, 7) is 4.58. The lowest BCUT2D eigenvalue weighted by Crippen LogP contribution is -2.00. The molecule has 0 saturated heterocycles. The summed E-state index contributed by atoms with van der Waals surface area (Å²) >= 11 is 0. The summed E-state index contributed by atoms with van der Waals surface area (Å²) in [5.74, 6) is 0.153. The zero-order chi connectivity index (χ0) is 18.0. The van der Waals surface area contributed by atoms with E-state index in [4.69, 9.17) is 5.73 Å². The second kappa shape index (κ2) is 6.46. The van der Waals surface area contributed by atoms with Gasteiger partial charge in [-0.05, 0) is 37.6 Å². The number of anilines is 1. The Bertz CT molecular complexity index is 1020. The van der Waals surface area contributed by atoms with Crippen LogP contribution in [0.1, 0.15) is 23.7 Å². The van der Waals surface area contributed by atoms with Gasteiger partial charge in [0, 0.05) is 30.1 Å². The van der Waals surface area contributed by atoms with Gasteiger partial charge < -0.3 is 10.3 Å². The predicted octanol–water partition coefficient (Wildman–Crippen LogP) is 3.27. The Morgan fingerprint density at radius 1 is 1.16 bits per heavy atom. The van der Waals surface area contributed by atoms with Crippen molar-refractivity contribution < 1.29 is 0 Å². The zero-order valence-corrected chi connectivity index (χ0v) is 14.0. The van der Waals surface area contributed by atoms with Gasteiger partial charge in [-0.1, -0.05) is 6.07 Å². The largest absolute Gasteiger partial charge is 0.383 e. The predicted molar refractivity (Wildman–Crippen MR) is 95.1 cm³/mol. The summed E-state index contributed by atoms with van der Waals surface area (Å²) in [5.41, 5.74) is 10.6. The lowest BCUT2D eigenvalue weighted by atomic mass is 10.0. The molecule has 0 radical (unpaired) electrons. The van der Waals surface area contributed by atoms with Gasteiger partial charge in [-0.15, -0.1) is 0 Å². The molecule has 0 aliphatic heterocycles. The van der Waals surface area contributed by atoms with Crippen LogP contribution in [-0.2, 0) is 6.54 Å². The van der Waals surface area contributed by atoms with Crippen molar-refractivity contribution in [2.75, 3.05) is 5.73 Å². The van der Waals surface area contributed by atoms with Crippen LogP contribution in [0.2, 0.25) is 0 Å². The van der Waals surface area contributed by atoms with E-state index in [0.717, 1.165) is 11.1 Å². The summed E-state index contributed by atoms with van der Waals surface area (Å²) in [6.07, 6.45) is 3.60. The van der Waals surface area contributed by atoms with Crippen molar-refractivity contribution in [2.45, 2.75) is 20.4 Å². The molecule has 0 spiro atoms. The standard InChI is InChI=1S/C19H16N6/c1-3-25-11-13(6-14(25)8-20)15-7-18(24-19(22)16(15)9-21)17-5-4-12(2)10-23-17/h4-7,10-11H,3H2,1-2H3,(H2,22,24). The number of nitrogen functional groups attached to an aromatic ring is 1. The van der Waals surface area contributed by atoms with Crippen molar-refractivity contribution in [3.8, 4) is 34.7 Å². The Morgan fingerprint density at radius 3 is 2.52 bits per heavy atom. The molecule has 6 nitrogen and oxygen atoms in total. The smallest absolute Gasteiger partial charge is 0.142 e. The summed E-state index contributed by atoms with van der Waals surface area (Å²) in [6, 6.07) is 11.6. The summed E-state index contributed by atoms with van der Waals surface area (Å²) in [5, 5.41) is 18.8. The average molecular weight is 328 g/mol. The minimum absolute atomic E-state index is 0.153. The van der Waals surface area contributed by atoms with Gasteiger partial charge in [0.2, 0.25) is 0 Å². The highest BCUT2D eigenvalue weighted by atomic mass is 15.0. The molecular weight excluding hydrogens is 312 g/mol. The number of hydrogen-bond donors (Lipinski definition) is 1. The maximum absolute atomic E-state index is 9.49. The van der Waals surface area contributed by atoms with Gasteiger partial charge in [0.1, 0.15) is 29.2 Å². The van der Waals surface area contributed by atoms with Crippen LogP contribution in [0, 0.1) is 29.6 Å². The summed E-state index contributed by atoms with van der Waals surface area (Å²) in [7, 11) is 0. The van der Waals surface area contributed by atoms with Gasteiger partial charge in [-0.25, -0.2) is 4.98 Å². The van der Waals surface area contributed by atoms with Crippen molar-refractivity contribution in [3.63, 3.8) is 0 Å². The molecule has 0 unspecified atom stereocenters. The molecule has 25 heavy (non-hydrogen) atoms. The summed E-state index contributed by atoms with van der Waals surface area (Å²) in [4.78, 5) is 8.70. The van der Waals surface area contributed by atoms with Crippen LogP contribution in [0.3, 0.4) is 0 Å². The van der Waals surface area contributed by atoms with Crippen LogP contribution in [-0.4, -0.2) is 14.5 Å². The number of pyridine rings is 2. The van der Waals surface area contributed by atoms with E-state index in [0.29, 0.717) is 34.8 Å². The SMILES string of the molecule is CCn1cc(-c2cc(-c3ccc(C)cn3)nc(N)c2C#N)cc1C#N. The molecule has 122 valence electrons. The van der Waals surface area contributed by atoms with Crippen molar-refractivity contribution in [3.05, 3.63) is 53.5 Å². The maximum Gasteiger partial charge on any atom is 0.142 e. The first-order valence-electron chi connectivity index (χ1n) is 7.81. The molecule has 3 heterocycles. The maximum atomic E-state index is 9.49. The Kier molecular flexibility index (Phi) is 4.20. The molecule has 0 amide bonds. The number of rotatable bonds is 3. The van der Waals surface area contributed by atoms with Crippen LogP contribution in [0.5, 0.6) is 0 Å². The second-order valence-corrected chi connectivity index (χ2v) is 5.66. The molecule has 0 bridgehead atoms. The number of nitrogens with two attached hydrogens (primary N) is 1. The molecule has 0 aliphatic carbocycles. The van der Waals surface area contributed by atoms with Crippen LogP contribution in [0.4, 0.5) is 5.82 Å². The normalized spacial score (nSPS) is 10.2. The fourth-order valence-corrected chi connectivity index (χ4v) is 2.67. The lowest BCUT2D eigenvalue weighted by molar-refractivity contribution is 0.758. The molecular formula is C19H16N6. The third-order valence-corrected chi connectivity index (χ3v) is 4.00. The van der Waals surface area contributed by atoms with Gasteiger partial charge in [0.25, 0.3) is 0 Å². The lowest BCUT2D eigenvalue weighted by Gasteiger charge is -2.08. The molecule has 6 heteroatoms. The van der Waals surface area contributed by atoms with Gasteiger partial charge in [0.15, 0.2) is 0 Å². The van der Waals surface area contributed by atoms with E-state index in [2.05, 4.69) is 22.1 Å². The molecule has 2 N–H and O–H groups in total. The Hall–Kier alpha value is -3.64. The topological polar surface area (TPSA) is 104 Å². The van der Waals surface area contributed by atoms with E-state index in [-0.39, 0.29) is 5.82 Å². The van der Waals surface area contributed by atoms with Crippen LogP contribution in [0.25, 0.3) is 22.5 Å². The third-order valence-electron chi connectivity index (χ3n) is 4.00. The van der Waals surface area contributed by atoms with Gasteiger partial charge >= 0.3 is 0 Å². The highest BCUT2D eigenvalue weighted by molar-refractivity contribution is 5.79. The zero-order valence-electron chi connectivity index (χ0n) is 14.0. The van der Waals surface area contributed by atoms with Gasteiger partial charge in [0.05, 0.1) is 11.4 Å². The van der Waals surface area contributed by atoms with Crippen LogP contribution >= 0.6 is 0 Å². The van der Waals surface area contributed by atoms with E-state index in [1.165, 1.54) is 0 Å². The van der Waals surface area contributed by atoms with Gasteiger partial charge in [-0.3, -0.25) is 4.98 Å². The van der Waals surface area contributed by atoms with Crippen molar-refractivity contribution in [1.29, 1.82) is 10.5 Å². The first kappa shape index (κ1) is 16.2. The molecule has 0 aromatic carbocycles. The van der Waals surface area contributed by atoms with E-state index in [1.54, 1.807) is 18.3 Å². The molecule has 3 aromatic heterocycles. The van der Waals surface area contributed by atoms with Crippen molar-refractivity contribution in [1.82, 2.24) is 14.5 Å². The number of nitrogens with zero attached hydrogens (tertiary/aromatic N) is 5. The first-order chi connectivity index (χ1) is 12.1. The highest BCUT2D eigenvalue weighted by Crippen LogP contribution is 2.31. The molecule has 3 rings (SSSR count). The third kappa shape index (κ3) is 2.93. The van der Waals surface area contributed by atoms with E-state index < -0.39 is 0 Å². The number of nitriles is 2. The molecule has 0 aliphatic rings. The second-order valence-electron chi connectivity index (χ2n) is 5.66. The minimum Gasteiger partial charge on any atom is -0.383 e. The molecule has 0 atom stereocenters. The fourth-order valence-electron chi connectivity index (χ4n) is 2.67. The fraction of sp³-hybridized carbons (Fsp3) is 0.158. The van der Waals surface area contributed by atoms with E-state index >= 15 is 0 Å². The number of aromatic nitrogens is 3. The number of hydrogen-bond acceptors (Lipinski definition) is 5. The monoisotopic (exact) mass is 328 g/mol. The highest BCUT2D eigenvalue weighted by Gasteiger charge is 2.16. The molecule has 3 aromatic rings. The van der Waals surface area contributed by atoms with E-state index in [9.17, 15) is 10.5 Å². The van der Waals surface area contributed by atoms with E-state index in [1.807, 2.05) is 36.7 Å². The summed E-state index contributed by atoms with van der Waals surface area (Å²) < 4.78 is 1.83. The Balaban J connectivity index is 2.22. The first-order valence-corrected chi connectivity index (χ1v) is 7.81. The van der Waals surface area contributed by atoms with Crippen molar-refractivity contribution in [2.24, 2.45) is 0 Å². The average Bonchev–Trinajstić information content (AvgIpc) is 3.05. The number of aryl methyl sites for hydroxylation is 2. The Labute approximate surface area is 145 Å². The van der Waals surface area contributed by atoms with Crippen LogP contribution < -0.4 is 5.73 Å². The van der Waals surface area contributed by atoms with Crippen LogP contribution in [0.15, 0.2) is 36.7 Å².